The second-order valence-electron chi connectivity index (χ2n) is 2.47. The molecule has 1 unspecified atom stereocenters. The fourth-order valence-electron chi connectivity index (χ4n) is 0.746. The van der Waals surface area contributed by atoms with E-state index in [9.17, 15) is 0 Å². The zero-order valence-corrected chi connectivity index (χ0v) is 6.99. The number of anilines is 2. The Morgan fingerprint density at radius 1 is 1.75 bits per heavy atom. The van der Waals surface area contributed by atoms with Gasteiger partial charge in [0.2, 0.25) is 5.95 Å². The Morgan fingerprint density at radius 2 is 2.50 bits per heavy atom. The first-order valence-corrected chi connectivity index (χ1v) is 3.70. The molecule has 0 aromatic carbocycles. The smallest absolute Gasteiger partial charge is 0.221 e. The molecule has 0 bridgehead atoms. The molecule has 0 saturated heterocycles. The monoisotopic (exact) mass is 164 g/mol. The molecular weight excluding hydrogens is 152 g/mol. The van der Waals surface area contributed by atoms with E-state index < -0.39 is 0 Å². The fraction of sp³-hybridized carbons (Fsp3) is 0.250. The maximum atomic E-state index is 5.39. The van der Waals surface area contributed by atoms with Crippen LogP contribution in [-0.4, -0.2) is 16.0 Å². The molecule has 1 atom stereocenters. The van der Waals surface area contributed by atoms with E-state index in [4.69, 9.17) is 5.73 Å². The first kappa shape index (κ1) is 8.52. The van der Waals surface area contributed by atoms with Crippen molar-refractivity contribution in [3.63, 3.8) is 0 Å². The molecular formula is C8H12N4. The minimum atomic E-state index is 0.180. The van der Waals surface area contributed by atoms with Crippen LogP contribution in [0.15, 0.2) is 24.9 Å². The predicted octanol–water partition coefficient (Wildman–Crippen LogP) is 1.05. The van der Waals surface area contributed by atoms with Crippen LogP contribution in [0.3, 0.4) is 0 Å². The van der Waals surface area contributed by atoms with E-state index in [1.54, 1.807) is 18.3 Å². The van der Waals surface area contributed by atoms with Crippen LogP contribution in [0, 0.1) is 0 Å². The molecule has 0 amide bonds. The van der Waals surface area contributed by atoms with Gasteiger partial charge in [0.05, 0.1) is 0 Å². The Balaban J connectivity index is 2.69. The summed E-state index contributed by atoms with van der Waals surface area (Å²) in [6.45, 7) is 5.62. The minimum Gasteiger partial charge on any atom is -0.368 e. The molecule has 64 valence electrons. The van der Waals surface area contributed by atoms with Crippen molar-refractivity contribution < 1.29 is 0 Å². The average molecular weight is 164 g/mol. The molecule has 0 saturated carbocycles. The normalized spacial score (nSPS) is 12.1. The second-order valence-corrected chi connectivity index (χ2v) is 2.47. The first-order valence-electron chi connectivity index (χ1n) is 3.70. The minimum absolute atomic E-state index is 0.180. The van der Waals surface area contributed by atoms with Gasteiger partial charge in [0.15, 0.2) is 0 Å². The van der Waals surface area contributed by atoms with E-state index in [1.165, 1.54) is 0 Å². The van der Waals surface area contributed by atoms with Gasteiger partial charge in [0, 0.05) is 12.2 Å². The van der Waals surface area contributed by atoms with E-state index in [-0.39, 0.29) is 12.0 Å². The number of aromatic nitrogens is 2. The lowest BCUT2D eigenvalue weighted by Crippen LogP contribution is -2.13. The topological polar surface area (TPSA) is 63.8 Å². The fourth-order valence-corrected chi connectivity index (χ4v) is 0.746. The lowest BCUT2D eigenvalue weighted by Gasteiger charge is -2.08. The lowest BCUT2D eigenvalue weighted by atomic mass is 10.3. The third-order valence-electron chi connectivity index (χ3n) is 1.40. The van der Waals surface area contributed by atoms with Crippen LogP contribution in [0.1, 0.15) is 6.92 Å². The molecule has 4 nitrogen and oxygen atoms in total. The van der Waals surface area contributed by atoms with Crippen molar-refractivity contribution in [1.82, 2.24) is 9.97 Å². The third kappa shape index (κ3) is 2.23. The molecule has 0 aliphatic rings. The maximum Gasteiger partial charge on any atom is 0.221 e. The summed E-state index contributed by atoms with van der Waals surface area (Å²) < 4.78 is 0. The summed E-state index contributed by atoms with van der Waals surface area (Å²) in [6.07, 6.45) is 3.40. The summed E-state index contributed by atoms with van der Waals surface area (Å²) >= 11 is 0. The number of hydrogen-bond acceptors (Lipinski definition) is 4. The molecule has 0 aliphatic heterocycles. The molecule has 0 aliphatic carbocycles. The van der Waals surface area contributed by atoms with Crippen LogP contribution in [0.4, 0.5) is 11.8 Å². The van der Waals surface area contributed by atoms with E-state index in [1.807, 2.05) is 6.92 Å². The van der Waals surface area contributed by atoms with Crippen molar-refractivity contribution in [3.8, 4) is 0 Å². The highest BCUT2D eigenvalue weighted by Crippen LogP contribution is 2.04. The highest BCUT2D eigenvalue weighted by Gasteiger charge is 1.97. The van der Waals surface area contributed by atoms with Crippen LogP contribution in [0.2, 0.25) is 0 Å². The number of hydrogen-bond donors (Lipinski definition) is 2. The quantitative estimate of drug-likeness (QED) is 0.655. The Hall–Kier alpha value is -1.58. The van der Waals surface area contributed by atoms with Gasteiger partial charge in [-0.2, -0.15) is 4.98 Å². The summed E-state index contributed by atoms with van der Waals surface area (Å²) in [5.41, 5.74) is 5.39. The highest BCUT2D eigenvalue weighted by molar-refractivity contribution is 5.38. The Morgan fingerprint density at radius 3 is 3.08 bits per heavy atom. The average Bonchev–Trinajstić information content (AvgIpc) is 2.04. The molecule has 1 aromatic rings. The Bertz CT molecular complexity index is 272. The van der Waals surface area contributed by atoms with Gasteiger partial charge in [-0.15, -0.1) is 6.58 Å². The third-order valence-corrected chi connectivity index (χ3v) is 1.40. The van der Waals surface area contributed by atoms with Crippen LogP contribution in [0.25, 0.3) is 0 Å². The van der Waals surface area contributed by atoms with Gasteiger partial charge in [-0.05, 0) is 13.0 Å². The molecule has 0 radical (unpaired) electrons. The molecule has 4 heteroatoms. The van der Waals surface area contributed by atoms with Crippen molar-refractivity contribution in [3.05, 3.63) is 24.9 Å². The number of rotatable bonds is 3. The Labute approximate surface area is 71.5 Å². The van der Waals surface area contributed by atoms with Crippen LogP contribution >= 0.6 is 0 Å². The van der Waals surface area contributed by atoms with Gasteiger partial charge < -0.3 is 11.1 Å². The summed E-state index contributed by atoms with van der Waals surface area (Å²) in [4.78, 5) is 7.74. The highest BCUT2D eigenvalue weighted by atomic mass is 15.1. The van der Waals surface area contributed by atoms with Gasteiger partial charge in [0.1, 0.15) is 5.82 Å². The van der Waals surface area contributed by atoms with Crippen molar-refractivity contribution in [2.24, 2.45) is 0 Å². The molecule has 1 aromatic heterocycles. The number of nitrogens with two attached hydrogens (primary N) is 1. The van der Waals surface area contributed by atoms with Gasteiger partial charge in [-0.25, -0.2) is 4.98 Å². The Kier molecular flexibility index (Phi) is 2.63. The molecule has 12 heavy (non-hydrogen) atoms. The summed E-state index contributed by atoms with van der Waals surface area (Å²) in [5.74, 6) is 0.992. The molecule has 0 fully saturated rings. The van der Waals surface area contributed by atoms with E-state index >= 15 is 0 Å². The summed E-state index contributed by atoms with van der Waals surface area (Å²) in [7, 11) is 0. The van der Waals surface area contributed by atoms with E-state index in [0.29, 0.717) is 0 Å². The largest absolute Gasteiger partial charge is 0.368 e. The molecule has 3 N–H and O–H groups in total. The van der Waals surface area contributed by atoms with Crippen LogP contribution in [0.5, 0.6) is 0 Å². The number of nitrogens with one attached hydrogen (secondary N) is 1. The zero-order valence-electron chi connectivity index (χ0n) is 6.99. The standard InChI is InChI=1S/C8H12N4/c1-3-6(2)11-7-4-5-10-8(9)12-7/h3-6H,1H2,2H3,(H3,9,10,11,12). The van der Waals surface area contributed by atoms with Gasteiger partial charge in [-0.1, -0.05) is 6.08 Å². The van der Waals surface area contributed by atoms with E-state index in [2.05, 4.69) is 21.9 Å². The van der Waals surface area contributed by atoms with Crippen molar-refractivity contribution in [2.45, 2.75) is 13.0 Å². The van der Waals surface area contributed by atoms with Gasteiger partial charge in [-0.3, -0.25) is 0 Å². The predicted molar refractivity (Wildman–Crippen MR) is 49.7 cm³/mol. The summed E-state index contributed by atoms with van der Waals surface area (Å²) in [6, 6.07) is 1.94. The van der Waals surface area contributed by atoms with Crippen LogP contribution < -0.4 is 11.1 Å². The first-order chi connectivity index (χ1) is 5.72. The zero-order chi connectivity index (χ0) is 8.97. The SMILES string of the molecule is C=CC(C)Nc1ccnc(N)n1. The molecule has 0 spiro atoms. The number of nitrogens with zero attached hydrogens (tertiary/aromatic N) is 2. The lowest BCUT2D eigenvalue weighted by molar-refractivity contribution is 0.979. The van der Waals surface area contributed by atoms with Crippen LogP contribution in [-0.2, 0) is 0 Å². The maximum absolute atomic E-state index is 5.39. The van der Waals surface area contributed by atoms with Crippen molar-refractivity contribution in [1.29, 1.82) is 0 Å². The van der Waals surface area contributed by atoms with Crippen molar-refractivity contribution >= 4 is 11.8 Å². The van der Waals surface area contributed by atoms with Crippen molar-refractivity contribution in [2.75, 3.05) is 11.1 Å². The van der Waals surface area contributed by atoms with E-state index in [0.717, 1.165) is 5.82 Å². The molecule has 1 rings (SSSR count). The van der Waals surface area contributed by atoms with Gasteiger partial charge in [0.25, 0.3) is 0 Å². The number of nitrogen functional groups attached to an aromatic ring is 1. The molecule has 1 heterocycles. The summed E-state index contributed by atoms with van der Waals surface area (Å²) in [5, 5.41) is 3.08. The second kappa shape index (κ2) is 3.71. The van der Waals surface area contributed by atoms with Gasteiger partial charge >= 0.3 is 0 Å².